The van der Waals surface area contributed by atoms with Gasteiger partial charge >= 0.3 is 5.97 Å². The number of nitrogens with zero attached hydrogens (tertiary/aromatic N) is 4. The zero-order valence-electron chi connectivity index (χ0n) is 19.0. The summed E-state index contributed by atoms with van der Waals surface area (Å²) in [6.07, 6.45) is 5.40. The van der Waals surface area contributed by atoms with Crippen LogP contribution in [-0.2, 0) is 25.0 Å². The summed E-state index contributed by atoms with van der Waals surface area (Å²) in [5.41, 5.74) is 3.79. The maximum absolute atomic E-state index is 12.1. The van der Waals surface area contributed by atoms with Gasteiger partial charge in [0.2, 0.25) is 0 Å². The molecule has 2 aromatic carbocycles. The Morgan fingerprint density at radius 2 is 1.94 bits per heavy atom. The number of carboxylic acid groups (broad SMARTS) is 1. The first-order valence-electron chi connectivity index (χ1n) is 11.6. The van der Waals surface area contributed by atoms with Crippen molar-refractivity contribution in [2.45, 2.75) is 44.8 Å². The van der Waals surface area contributed by atoms with E-state index in [1.165, 1.54) is 0 Å². The Morgan fingerprint density at radius 1 is 1.15 bits per heavy atom. The van der Waals surface area contributed by atoms with Crippen LogP contribution < -0.4 is 4.74 Å². The Bertz CT molecular complexity index is 1310. The van der Waals surface area contributed by atoms with Gasteiger partial charge in [-0.3, -0.25) is 9.48 Å². The third kappa shape index (κ3) is 4.73. The summed E-state index contributed by atoms with van der Waals surface area (Å²) in [4.78, 5) is 17.0. The van der Waals surface area contributed by atoms with Crippen LogP contribution in [0.1, 0.15) is 48.7 Å². The molecule has 2 aromatic heterocycles. The number of halogens is 1. The molecule has 0 bridgehead atoms. The number of ether oxygens (including phenoxy) is 1. The second-order valence-corrected chi connectivity index (χ2v) is 9.85. The van der Waals surface area contributed by atoms with Crippen LogP contribution in [0, 0.1) is 5.92 Å². The number of hydrogen-bond donors (Lipinski definition) is 1. The van der Waals surface area contributed by atoms with Crippen molar-refractivity contribution in [3.05, 3.63) is 76.3 Å². The molecule has 1 saturated carbocycles. The lowest BCUT2D eigenvalue weighted by atomic mass is 9.78. The Balaban J connectivity index is 1.54. The third-order valence-electron chi connectivity index (χ3n) is 6.57. The van der Waals surface area contributed by atoms with Gasteiger partial charge in [-0.2, -0.15) is 5.10 Å². The van der Waals surface area contributed by atoms with E-state index in [9.17, 15) is 9.90 Å². The highest BCUT2D eigenvalue weighted by atomic mass is 79.9. The molecule has 2 atom stereocenters. The number of hydrogen-bond acceptors (Lipinski definition) is 4. The molecule has 0 saturated heterocycles. The SMILES string of the molecule is Cn1ccc(COc2ccc3nc([C@H]4CCCC[C@@H]4C(=O)O)n(Cc4ccc(Br)cc4)c3c2)n1. The van der Waals surface area contributed by atoms with Crippen molar-refractivity contribution >= 4 is 32.9 Å². The maximum Gasteiger partial charge on any atom is 0.307 e. The van der Waals surface area contributed by atoms with E-state index in [2.05, 4.69) is 37.7 Å². The molecule has 7 nitrogen and oxygen atoms in total. The predicted molar refractivity (Wildman–Crippen MR) is 133 cm³/mol. The monoisotopic (exact) mass is 522 g/mol. The lowest BCUT2D eigenvalue weighted by Gasteiger charge is -2.28. The van der Waals surface area contributed by atoms with Gasteiger partial charge in [0, 0.05) is 36.2 Å². The van der Waals surface area contributed by atoms with E-state index in [1.54, 1.807) is 4.68 Å². The molecule has 0 aliphatic heterocycles. The molecular weight excluding hydrogens is 496 g/mol. The van der Waals surface area contributed by atoms with E-state index in [0.717, 1.165) is 57.6 Å². The van der Waals surface area contributed by atoms with Crippen LogP contribution in [0.3, 0.4) is 0 Å². The zero-order valence-corrected chi connectivity index (χ0v) is 20.6. The van der Waals surface area contributed by atoms with E-state index in [1.807, 2.05) is 49.6 Å². The number of aliphatic carboxylic acids is 1. The highest BCUT2D eigenvalue weighted by Gasteiger charge is 2.35. The van der Waals surface area contributed by atoms with Gasteiger partial charge in [-0.05, 0) is 48.7 Å². The van der Waals surface area contributed by atoms with Crippen molar-refractivity contribution < 1.29 is 14.6 Å². The quantitative estimate of drug-likeness (QED) is 0.345. The molecule has 1 aliphatic rings. The Hall–Kier alpha value is -3.13. The van der Waals surface area contributed by atoms with Crippen LogP contribution in [0.5, 0.6) is 5.75 Å². The molecule has 5 rings (SSSR count). The number of carboxylic acids is 1. The lowest BCUT2D eigenvalue weighted by Crippen LogP contribution is -2.27. The van der Waals surface area contributed by atoms with Gasteiger partial charge in [0.05, 0.1) is 22.6 Å². The van der Waals surface area contributed by atoms with Gasteiger partial charge in [-0.15, -0.1) is 0 Å². The molecule has 1 aliphatic carbocycles. The van der Waals surface area contributed by atoms with Gasteiger partial charge in [0.25, 0.3) is 0 Å². The van der Waals surface area contributed by atoms with Crippen molar-refractivity contribution in [2.24, 2.45) is 13.0 Å². The first-order valence-corrected chi connectivity index (χ1v) is 12.4. The van der Waals surface area contributed by atoms with Crippen LogP contribution in [-0.4, -0.2) is 30.4 Å². The van der Waals surface area contributed by atoms with Crippen LogP contribution >= 0.6 is 15.9 Å². The summed E-state index contributed by atoms with van der Waals surface area (Å²) in [7, 11) is 1.88. The average Bonchev–Trinajstić information content (AvgIpc) is 3.42. The summed E-state index contributed by atoms with van der Waals surface area (Å²) in [6, 6.07) is 16.0. The van der Waals surface area contributed by atoms with E-state index in [0.29, 0.717) is 19.6 Å². The number of aromatic nitrogens is 4. The molecule has 0 unspecified atom stereocenters. The largest absolute Gasteiger partial charge is 0.487 e. The van der Waals surface area contributed by atoms with Crippen LogP contribution in [0.25, 0.3) is 11.0 Å². The highest BCUT2D eigenvalue weighted by molar-refractivity contribution is 9.10. The number of fused-ring (bicyclic) bond motifs is 1. The summed E-state index contributed by atoms with van der Waals surface area (Å²) >= 11 is 3.50. The van der Waals surface area contributed by atoms with Crippen LogP contribution in [0.2, 0.25) is 0 Å². The molecule has 8 heteroatoms. The Morgan fingerprint density at radius 3 is 2.68 bits per heavy atom. The molecule has 4 aromatic rings. The fraction of sp³-hybridized carbons (Fsp3) is 0.346. The standard InChI is InChI=1S/C26H27BrN4O3/c1-30-13-12-19(29-30)16-34-20-10-11-23-24(14-20)31(15-17-6-8-18(27)9-7-17)25(28-23)21-4-2-3-5-22(21)26(32)33/h6-14,21-22H,2-5,15-16H2,1H3,(H,32,33)/t21-,22-/m0/s1. The summed E-state index contributed by atoms with van der Waals surface area (Å²) in [6.45, 7) is 0.995. The number of benzene rings is 2. The lowest BCUT2D eigenvalue weighted by molar-refractivity contribution is -0.143. The minimum Gasteiger partial charge on any atom is -0.487 e. The first-order chi connectivity index (χ1) is 16.5. The molecule has 176 valence electrons. The number of imidazole rings is 1. The van der Waals surface area contributed by atoms with Gasteiger partial charge in [-0.1, -0.05) is 40.9 Å². The van der Waals surface area contributed by atoms with Gasteiger partial charge in [-0.25, -0.2) is 4.98 Å². The first kappa shape index (κ1) is 22.7. The summed E-state index contributed by atoms with van der Waals surface area (Å²) in [5, 5.41) is 14.3. The normalized spacial score (nSPS) is 18.3. The van der Waals surface area contributed by atoms with E-state index in [4.69, 9.17) is 9.72 Å². The van der Waals surface area contributed by atoms with Crippen LogP contribution in [0.4, 0.5) is 0 Å². The minimum atomic E-state index is -0.730. The number of carbonyl (C=O) groups is 1. The summed E-state index contributed by atoms with van der Waals surface area (Å²) < 4.78 is 11.0. The topological polar surface area (TPSA) is 82.2 Å². The molecule has 1 N–H and O–H groups in total. The highest BCUT2D eigenvalue weighted by Crippen LogP contribution is 2.39. The minimum absolute atomic E-state index is 0.105. The zero-order chi connectivity index (χ0) is 23.7. The Kier molecular flexibility index (Phi) is 6.41. The average molecular weight is 523 g/mol. The molecule has 2 heterocycles. The van der Waals surface area contributed by atoms with Gasteiger partial charge in [0.15, 0.2) is 0 Å². The molecule has 34 heavy (non-hydrogen) atoms. The van der Waals surface area contributed by atoms with Crippen molar-refractivity contribution in [2.75, 3.05) is 0 Å². The van der Waals surface area contributed by atoms with Gasteiger partial charge < -0.3 is 14.4 Å². The second kappa shape index (κ2) is 9.62. The molecule has 0 amide bonds. The molecular formula is C26H27BrN4O3. The Labute approximate surface area is 206 Å². The van der Waals surface area contributed by atoms with E-state index >= 15 is 0 Å². The summed E-state index contributed by atoms with van der Waals surface area (Å²) in [5.74, 6) is 0.347. The van der Waals surface area contributed by atoms with Crippen molar-refractivity contribution in [3.8, 4) is 5.75 Å². The van der Waals surface area contributed by atoms with E-state index in [-0.39, 0.29) is 5.92 Å². The second-order valence-electron chi connectivity index (χ2n) is 8.94. The third-order valence-corrected chi connectivity index (χ3v) is 7.10. The number of aryl methyl sites for hydroxylation is 1. The maximum atomic E-state index is 12.1. The van der Waals surface area contributed by atoms with Crippen molar-refractivity contribution in [1.82, 2.24) is 19.3 Å². The smallest absolute Gasteiger partial charge is 0.307 e. The van der Waals surface area contributed by atoms with E-state index < -0.39 is 11.9 Å². The molecule has 0 radical (unpaired) electrons. The fourth-order valence-corrected chi connectivity index (χ4v) is 5.13. The molecule has 1 fully saturated rings. The predicted octanol–water partition coefficient (Wildman–Crippen LogP) is 5.52. The van der Waals surface area contributed by atoms with Crippen molar-refractivity contribution in [1.29, 1.82) is 0 Å². The number of rotatable bonds is 7. The fourth-order valence-electron chi connectivity index (χ4n) is 4.87. The van der Waals surface area contributed by atoms with Crippen molar-refractivity contribution in [3.63, 3.8) is 0 Å². The van der Waals surface area contributed by atoms with Crippen LogP contribution in [0.15, 0.2) is 59.2 Å². The van der Waals surface area contributed by atoms with Gasteiger partial charge in [0.1, 0.15) is 18.2 Å². The molecule has 0 spiro atoms.